The zero-order valence-corrected chi connectivity index (χ0v) is 27.9. The molecule has 4 rings (SSSR count). The predicted molar refractivity (Wildman–Crippen MR) is 178 cm³/mol. The Hall–Kier alpha value is -4.78. The Morgan fingerprint density at radius 2 is 1.74 bits per heavy atom. The van der Waals surface area contributed by atoms with E-state index in [-0.39, 0.29) is 36.8 Å². The Kier molecular flexibility index (Phi) is 11.3. The van der Waals surface area contributed by atoms with Crippen LogP contribution in [0.3, 0.4) is 0 Å². The number of ketones is 1. The van der Waals surface area contributed by atoms with Gasteiger partial charge in [0.15, 0.2) is 11.8 Å². The van der Waals surface area contributed by atoms with Crippen LogP contribution in [-0.2, 0) is 42.9 Å². The first-order valence-electron chi connectivity index (χ1n) is 15.9. The standard InChI is InChI=1S/C34H45N7O6/c1-7-46-31(43)29(22(4)42)37-20-34(5,32(44)41-16-8-9-17-41)24-12-15-27-26(18-24)38-28(40(27)6)19-36-25-13-10-23(11-14-25)30(35)39-33(45)47-21(2)3/h10-15,18,21,29,36-37H,7-9,16-17,19-20H2,1-6H3,(H2,35,39,45). The predicted octanol–water partition coefficient (Wildman–Crippen LogP) is 3.64. The first-order valence-corrected chi connectivity index (χ1v) is 15.9. The fraction of sp³-hybridized carbons (Fsp3) is 0.471. The minimum Gasteiger partial charge on any atom is -0.464 e. The van der Waals surface area contributed by atoms with Crippen molar-refractivity contribution in [3.63, 3.8) is 0 Å². The Morgan fingerprint density at radius 3 is 2.36 bits per heavy atom. The second-order valence-electron chi connectivity index (χ2n) is 12.2. The molecule has 47 heavy (non-hydrogen) atoms. The Balaban J connectivity index is 1.53. The fourth-order valence-corrected chi connectivity index (χ4v) is 5.60. The molecule has 3 aromatic rings. The molecule has 2 amide bonds. The molecular weight excluding hydrogens is 602 g/mol. The highest BCUT2D eigenvalue weighted by molar-refractivity contribution is 6.04. The third-order valence-corrected chi connectivity index (χ3v) is 8.26. The van der Waals surface area contributed by atoms with E-state index in [4.69, 9.17) is 19.9 Å². The number of nitrogens with zero attached hydrogens (tertiary/aromatic N) is 3. The van der Waals surface area contributed by atoms with Gasteiger partial charge in [-0.1, -0.05) is 6.07 Å². The number of esters is 1. The lowest BCUT2D eigenvalue weighted by Gasteiger charge is -2.34. The topological polar surface area (TPSA) is 168 Å². The Labute approximate surface area is 274 Å². The Bertz CT molecular complexity index is 1630. The van der Waals surface area contributed by atoms with Gasteiger partial charge in [-0.25, -0.2) is 14.6 Å². The number of carbonyl (C=O) groups excluding carboxylic acids is 4. The van der Waals surface area contributed by atoms with Gasteiger partial charge in [-0.2, -0.15) is 0 Å². The molecule has 0 saturated carbocycles. The van der Waals surface area contributed by atoms with Gasteiger partial charge in [-0.05, 0) is 89.4 Å². The molecule has 1 aliphatic heterocycles. The number of imidazole rings is 1. The molecule has 0 radical (unpaired) electrons. The molecule has 1 fully saturated rings. The lowest BCUT2D eigenvalue weighted by atomic mass is 9.80. The highest BCUT2D eigenvalue weighted by atomic mass is 16.6. The van der Waals surface area contributed by atoms with Gasteiger partial charge in [-0.3, -0.25) is 25.6 Å². The second kappa shape index (κ2) is 15.2. The van der Waals surface area contributed by atoms with E-state index in [9.17, 15) is 19.2 Å². The summed E-state index contributed by atoms with van der Waals surface area (Å²) in [5.74, 6) is -0.417. The van der Waals surface area contributed by atoms with Crippen molar-refractivity contribution in [3.8, 4) is 0 Å². The quantitative estimate of drug-likeness (QED) is 0.0937. The number of anilines is 1. The fourth-order valence-electron chi connectivity index (χ4n) is 5.60. The van der Waals surface area contributed by atoms with Crippen molar-refractivity contribution in [2.75, 3.05) is 31.6 Å². The largest absolute Gasteiger partial charge is 0.464 e. The maximum atomic E-state index is 14.0. The summed E-state index contributed by atoms with van der Waals surface area (Å²) >= 11 is 0. The molecule has 0 spiro atoms. The molecule has 1 aromatic heterocycles. The minimum absolute atomic E-state index is 0.0556. The van der Waals surface area contributed by atoms with Gasteiger partial charge in [0.25, 0.3) is 0 Å². The number of likely N-dealkylation sites (tertiary alicyclic amines) is 1. The summed E-state index contributed by atoms with van der Waals surface area (Å²) in [6.07, 6.45) is 0.898. The van der Waals surface area contributed by atoms with Gasteiger partial charge >= 0.3 is 12.1 Å². The number of amidine groups is 1. The number of carbonyl (C=O) groups is 4. The molecule has 2 unspecified atom stereocenters. The van der Waals surface area contributed by atoms with E-state index in [1.807, 2.05) is 53.8 Å². The molecule has 2 aromatic carbocycles. The number of rotatable bonds is 13. The van der Waals surface area contributed by atoms with Gasteiger partial charge in [0.05, 0.1) is 35.7 Å². The lowest BCUT2D eigenvalue weighted by Crippen LogP contribution is -2.54. The smallest absolute Gasteiger partial charge is 0.413 e. The van der Waals surface area contributed by atoms with Crippen LogP contribution in [0, 0.1) is 5.41 Å². The number of benzene rings is 2. The van der Waals surface area contributed by atoms with Crippen molar-refractivity contribution in [1.82, 2.24) is 25.1 Å². The summed E-state index contributed by atoms with van der Waals surface area (Å²) in [6.45, 7) is 10.2. The van der Waals surface area contributed by atoms with Crippen molar-refractivity contribution in [1.29, 1.82) is 5.41 Å². The summed E-state index contributed by atoms with van der Waals surface area (Å²) in [6, 6.07) is 11.7. The third-order valence-electron chi connectivity index (χ3n) is 8.26. The maximum absolute atomic E-state index is 14.0. The molecule has 0 aliphatic carbocycles. The summed E-state index contributed by atoms with van der Waals surface area (Å²) in [7, 11) is 1.92. The van der Waals surface area contributed by atoms with E-state index in [2.05, 4.69) is 16.0 Å². The first kappa shape index (κ1) is 35.1. The molecular formula is C34H45N7O6. The van der Waals surface area contributed by atoms with E-state index in [1.54, 1.807) is 32.9 Å². The molecule has 13 heteroatoms. The van der Waals surface area contributed by atoms with E-state index in [0.717, 1.165) is 35.4 Å². The van der Waals surface area contributed by atoms with Crippen LogP contribution in [0.25, 0.3) is 11.0 Å². The molecule has 2 atom stereocenters. The number of ether oxygens (including phenoxy) is 2. The maximum Gasteiger partial charge on any atom is 0.413 e. The van der Waals surface area contributed by atoms with Crippen molar-refractivity contribution in [2.24, 2.45) is 7.05 Å². The molecule has 2 heterocycles. The van der Waals surface area contributed by atoms with Crippen LogP contribution in [0.15, 0.2) is 42.5 Å². The second-order valence-corrected chi connectivity index (χ2v) is 12.2. The number of Topliss-reactive ketones (excluding diaryl/α,β-unsaturated/α-hetero) is 1. The SMILES string of the molecule is CCOC(=O)C(NCC(C)(C(=O)N1CCCC1)c1ccc2c(c1)nc(CNc1ccc(C(=N)NC(=O)OC(C)C)cc1)n2C)C(C)=O. The number of nitrogens with one attached hydrogen (secondary N) is 4. The monoisotopic (exact) mass is 647 g/mol. The van der Waals surface area contributed by atoms with Gasteiger partial charge in [0.2, 0.25) is 5.91 Å². The number of aryl methyl sites for hydroxylation is 1. The van der Waals surface area contributed by atoms with Gasteiger partial charge in [0, 0.05) is 37.9 Å². The number of fused-ring (bicyclic) bond motifs is 1. The van der Waals surface area contributed by atoms with Crippen LogP contribution in [0.2, 0.25) is 0 Å². The molecule has 252 valence electrons. The van der Waals surface area contributed by atoms with Crippen LogP contribution in [-0.4, -0.2) is 82.4 Å². The van der Waals surface area contributed by atoms with E-state index >= 15 is 0 Å². The molecule has 13 nitrogen and oxygen atoms in total. The van der Waals surface area contributed by atoms with Crippen molar-refractivity contribution >= 4 is 46.3 Å². The van der Waals surface area contributed by atoms with E-state index in [1.165, 1.54) is 6.92 Å². The number of hydrogen-bond acceptors (Lipinski definition) is 10. The van der Waals surface area contributed by atoms with Gasteiger partial charge in [0.1, 0.15) is 11.7 Å². The first-order chi connectivity index (χ1) is 22.3. The van der Waals surface area contributed by atoms with Gasteiger partial charge < -0.3 is 24.3 Å². The van der Waals surface area contributed by atoms with E-state index < -0.39 is 23.5 Å². The van der Waals surface area contributed by atoms with Crippen LogP contribution < -0.4 is 16.0 Å². The number of amides is 2. The molecule has 1 aliphatic rings. The zero-order valence-electron chi connectivity index (χ0n) is 27.9. The van der Waals surface area contributed by atoms with Crippen LogP contribution in [0.1, 0.15) is 64.4 Å². The average molecular weight is 648 g/mol. The van der Waals surface area contributed by atoms with Crippen molar-refractivity contribution < 1.29 is 28.7 Å². The van der Waals surface area contributed by atoms with Crippen LogP contribution in [0.5, 0.6) is 0 Å². The molecule has 1 saturated heterocycles. The highest BCUT2D eigenvalue weighted by Crippen LogP contribution is 2.31. The molecule has 4 N–H and O–H groups in total. The third kappa shape index (κ3) is 8.33. The summed E-state index contributed by atoms with van der Waals surface area (Å²) < 4.78 is 12.1. The summed E-state index contributed by atoms with van der Waals surface area (Å²) in [5.41, 5.74) is 2.57. The number of alkyl carbamates (subject to hydrolysis) is 1. The minimum atomic E-state index is -1.17. The highest BCUT2D eigenvalue weighted by Gasteiger charge is 2.41. The van der Waals surface area contributed by atoms with Crippen LogP contribution in [0.4, 0.5) is 10.5 Å². The number of aromatic nitrogens is 2. The summed E-state index contributed by atoms with van der Waals surface area (Å²) in [5, 5.41) is 16.9. The number of hydrogen-bond donors (Lipinski definition) is 4. The molecule has 0 bridgehead atoms. The van der Waals surface area contributed by atoms with Crippen LogP contribution >= 0.6 is 0 Å². The zero-order chi connectivity index (χ0) is 34.3. The van der Waals surface area contributed by atoms with Crippen molar-refractivity contribution in [3.05, 3.63) is 59.4 Å². The Morgan fingerprint density at radius 1 is 1.06 bits per heavy atom. The van der Waals surface area contributed by atoms with Gasteiger partial charge in [-0.15, -0.1) is 0 Å². The lowest BCUT2D eigenvalue weighted by molar-refractivity contribution is -0.149. The van der Waals surface area contributed by atoms with Crippen molar-refractivity contribution in [2.45, 2.75) is 71.6 Å². The normalized spacial score (nSPS) is 14.8. The average Bonchev–Trinajstić information content (AvgIpc) is 3.67. The van der Waals surface area contributed by atoms with E-state index in [0.29, 0.717) is 30.7 Å². The summed E-state index contributed by atoms with van der Waals surface area (Å²) in [4.78, 5) is 57.4.